The highest BCUT2D eigenvalue weighted by molar-refractivity contribution is 5.30. The fraction of sp³-hybridized carbons (Fsp3) is 0.111. The average Bonchev–Trinajstić information content (AvgIpc) is 1.94. The minimum absolute atomic E-state index is 0.239. The lowest BCUT2D eigenvalue weighted by atomic mass is 10.1. The van der Waals surface area contributed by atoms with Crippen molar-refractivity contribution in [2.45, 2.75) is 6.92 Å². The minimum atomic E-state index is -0.239. The summed E-state index contributed by atoms with van der Waals surface area (Å²) in [6.07, 6.45) is 2.65. The van der Waals surface area contributed by atoms with Gasteiger partial charge in [0.05, 0.1) is 0 Å². The monoisotopic (exact) mass is 135 g/mol. The molecule has 0 heterocycles. The van der Waals surface area contributed by atoms with Crippen LogP contribution in [0.15, 0.2) is 24.8 Å². The van der Waals surface area contributed by atoms with Gasteiger partial charge in [0.2, 0.25) is 0 Å². The van der Waals surface area contributed by atoms with Gasteiger partial charge in [-0.1, -0.05) is 12.6 Å². The Morgan fingerprint density at radius 1 is 1.50 bits per heavy atom. The Bertz CT molecular complexity index is 251. The van der Waals surface area contributed by atoms with E-state index in [0.29, 0.717) is 0 Å². The maximum atomic E-state index is 12.5. The zero-order valence-electron chi connectivity index (χ0n) is 5.82. The molecule has 1 radical (unpaired) electrons. The largest absolute Gasteiger partial charge is 0.207 e. The third-order valence-electron chi connectivity index (χ3n) is 1.39. The van der Waals surface area contributed by atoms with Crippen molar-refractivity contribution in [3.63, 3.8) is 0 Å². The van der Waals surface area contributed by atoms with Crippen LogP contribution in [-0.2, 0) is 0 Å². The first-order chi connectivity index (χ1) is 4.74. The standard InChI is InChI=1S/C9H8F/c1-3-8-6-9(10)5-4-7(8)2/h4-6H,1H2,2H3. The predicted octanol–water partition coefficient (Wildman–Crippen LogP) is 2.47. The molecule has 0 aliphatic heterocycles. The van der Waals surface area contributed by atoms with Crippen LogP contribution < -0.4 is 0 Å². The summed E-state index contributed by atoms with van der Waals surface area (Å²) in [6, 6.07) is 4.56. The van der Waals surface area contributed by atoms with Crippen LogP contribution in [0.25, 0.3) is 0 Å². The van der Waals surface area contributed by atoms with Gasteiger partial charge in [0.15, 0.2) is 0 Å². The molecule has 1 aromatic rings. The molecule has 0 nitrogen and oxygen atoms in total. The van der Waals surface area contributed by atoms with E-state index in [-0.39, 0.29) is 5.82 Å². The topological polar surface area (TPSA) is 0 Å². The Morgan fingerprint density at radius 2 is 2.20 bits per heavy atom. The van der Waals surface area contributed by atoms with Crippen LogP contribution in [0.1, 0.15) is 11.1 Å². The van der Waals surface area contributed by atoms with Crippen molar-refractivity contribution >= 4 is 0 Å². The van der Waals surface area contributed by atoms with Crippen LogP contribution in [0.5, 0.6) is 0 Å². The lowest BCUT2D eigenvalue weighted by Crippen LogP contribution is -1.82. The van der Waals surface area contributed by atoms with E-state index in [4.69, 9.17) is 0 Å². The number of aryl methyl sites for hydroxylation is 1. The zero-order valence-corrected chi connectivity index (χ0v) is 5.82. The highest BCUT2D eigenvalue weighted by Crippen LogP contribution is 2.08. The molecule has 0 unspecified atom stereocenters. The van der Waals surface area contributed by atoms with Crippen molar-refractivity contribution in [2.75, 3.05) is 0 Å². The molecule has 10 heavy (non-hydrogen) atoms. The van der Waals surface area contributed by atoms with Crippen LogP contribution in [0.2, 0.25) is 0 Å². The Hall–Kier alpha value is -1.11. The zero-order chi connectivity index (χ0) is 7.56. The third-order valence-corrected chi connectivity index (χ3v) is 1.39. The summed E-state index contributed by atoms with van der Waals surface area (Å²) in [5, 5.41) is 0. The summed E-state index contributed by atoms with van der Waals surface area (Å²) in [7, 11) is 0. The molecule has 51 valence electrons. The van der Waals surface area contributed by atoms with Gasteiger partial charge < -0.3 is 0 Å². The molecule has 1 rings (SSSR count). The normalized spacial score (nSPS) is 9.40. The van der Waals surface area contributed by atoms with E-state index in [1.807, 2.05) is 6.92 Å². The second-order valence-corrected chi connectivity index (χ2v) is 2.14. The Balaban J connectivity index is 3.21. The van der Waals surface area contributed by atoms with E-state index in [0.717, 1.165) is 11.1 Å². The number of rotatable bonds is 1. The van der Waals surface area contributed by atoms with Gasteiger partial charge in [-0.15, -0.1) is 0 Å². The van der Waals surface area contributed by atoms with E-state index < -0.39 is 0 Å². The molecule has 0 amide bonds. The molecule has 0 spiro atoms. The van der Waals surface area contributed by atoms with Crippen LogP contribution in [0.3, 0.4) is 0 Å². The summed E-state index contributed by atoms with van der Waals surface area (Å²) in [6.45, 7) is 5.34. The lowest BCUT2D eigenvalue weighted by molar-refractivity contribution is 0.626. The number of hydrogen-bond acceptors (Lipinski definition) is 0. The SMILES string of the molecule is C=[C]c1cc(F)ccc1C. The van der Waals surface area contributed by atoms with Crippen LogP contribution in [0.4, 0.5) is 4.39 Å². The summed E-state index contributed by atoms with van der Waals surface area (Å²) in [5.74, 6) is -0.239. The van der Waals surface area contributed by atoms with E-state index in [2.05, 4.69) is 12.7 Å². The maximum absolute atomic E-state index is 12.5. The smallest absolute Gasteiger partial charge is 0.123 e. The fourth-order valence-corrected chi connectivity index (χ4v) is 0.785. The van der Waals surface area contributed by atoms with E-state index >= 15 is 0 Å². The molecule has 0 saturated carbocycles. The molecule has 0 atom stereocenters. The lowest BCUT2D eigenvalue weighted by Gasteiger charge is -1.96. The Labute approximate surface area is 60.0 Å². The molecule has 0 fully saturated rings. The highest BCUT2D eigenvalue weighted by Gasteiger charge is 1.94. The molecule has 0 aromatic heterocycles. The second-order valence-electron chi connectivity index (χ2n) is 2.14. The first-order valence-electron chi connectivity index (χ1n) is 3.03. The van der Waals surface area contributed by atoms with E-state index in [1.165, 1.54) is 12.1 Å². The van der Waals surface area contributed by atoms with Gasteiger partial charge in [-0.25, -0.2) is 4.39 Å². The van der Waals surface area contributed by atoms with Crippen molar-refractivity contribution in [3.05, 3.63) is 47.8 Å². The summed E-state index contributed by atoms with van der Waals surface area (Å²) < 4.78 is 12.5. The number of benzene rings is 1. The fourth-order valence-electron chi connectivity index (χ4n) is 0.785. The molecule has 0 aliphatic rings. The molecule has 0 N–H and O–H groups in total. The molecular formula is C9H8F. The van der Waals surface area contributed by atoms with E-state index in [1.54, 1.807) is 6.07 Å². The third kappa shape index (κ3) is 1.24. The van der Waals surface area contributed by atoms with Crippen molar-refractivity contribution < 1.29 is 4.39 Å². The van der Waals surface area contributed by atoms with Crippen LogP contribution in [0, 0.1) is 18.8 Å². The average molecular weight is 135 g/mol. The van der Waals surface area contributed by atoms with Gasteiger partial charge in [-0.05, 0) is 36.3 Å². The van der Waals surface area contributed by atoms with Gasteiger partial charge >= 0.3 is 0 Å². The van der Waals surface area contributed by atoms with Crippen molar-refractivity contribution in [1.82, 2.24) is 0 Å². The Morgan fingerprint density at radius 3 is 2.70 bits per heavy atom. The first kappa shape index (κ1) is 7.00. The van der Waals surface area contributed by atoms with Gasteiger partial charge in [0, 0.05) is 0 Å². The first-order valence-corrected chi connectivity index (χ1v) is 3.03. The number of halogens is 1. The van der Waals surface area contributed by atoms with Crippen molar-refractivity contribution in [2.24, 2.45) is 0 Å². The second kappa shape index (κ2) is 2.65. The predicted molar refractivity (Wildman–Crippen MR) is 39.1 cm³/mol. The molecular weight excluding hydrogens is 127 g/mol. The summed E-state index contributed by atoms with van der Waals surface area (Å²) >= 11 is 0. The van der Waals surface area contributed by atoms with Gasteiger partial charge in [-0.2, -0.15) is 0 Å². The van der Waals surface area contributed by atoms with Gasteiger partial charge in [0.25, 0.3) is 0 Å². The van der Waals surface area contributed by atoms with E-state index in [9.17, 15) is 4.39 Å². The van der Waals surface area contributed by atoms with Crippen LogP contribution >= 0.6 is 0 Å². The highest BCUT2D eigenvalue weighted by atomic mass is 19.1. The molecule has 0 aliphatic carbocycles. The van der Waals surface area contributed by atoms with Crippen molar-refractivity contribution in [1.29, 1.82) is 0 Å². The Kier molecular flexibility index (Phi) is 1.86. The minimum Gasteiger partial charge on any atom is -0.207 e. The maximum Gasteiger partial charge on any atom is 0.123 e. The van der Waals surface area contributed by atoms with Crippen molar-refractivity contribution in [3.8, 4) is 0 Å². The number of hydrogen-bond donors (Lipinski definition) is 0. The van der Waals surface area contributed by atoms with Gasteiger partial charge in [-0.3, -0.25) is 0 Å². The molecule has 1 heteroatoms. The molecule has 0 bridgehead atoms. The van der Waals surface area contributed by atoms with Gasteiger partial charge in [0.1, 0.15) is 5.82 Å². The summed E-state index contributed by atoms with van der Waals surface area (Å²) in [4.78, 5) is 0. The molecule has 1 aromatic carbocycles. The quantitative estimate of drug-likeness (QED) is 0.555. The summed E-state index contributed by atoms with van der Waals surface area (Å²) in [5.41, 5.74) is 1.73. The van der Waals surface area contributed by atoms with Crippen LogP contribution in [-0.4, -0.2) is 0 Å². The molecule has 0 saturated heterocycles.